The number of hydrogen-bond donors (Lipinski definition) is 2. The molecule has 8 nitrogen and oxygen atoms in total. The van der Waals surface area contributed by atoms with Gasteiger partial charge in [-0.3, -0.25) is 9.59 Å². The molecular weight excluding hydrogens is 326 g/mol. The third-order valence-electron chi connectivity index (χ3n) is 3.87. The minimum atomic E-state index is -0.427. The van der Waals surface area contributed by atoms with Gasteiger partial charge in [0.1, 0.15) is 0 Å². The lowest BCUT2D eigenvalue weighted by Crippen LogP contribution is -3.11. The van der Waals surface area contributed by atoms with E-state index in [2.05, 4.69) is 10.1 Å². The Balaban J connectivity index is 1.78. The van der Waals surface area contributed by atoms with Gasteiger partial charge in [0.25, 0.3) is 11.8 Å². The maximum Gasteiger partial charge on any atom is 0.337 e. The molecule has 1 heterocycles. The molecule has 0 saturated carbocycles. The molecule has 8 heteroatoms. The first-order chi connectivity index (χ1) is 12.0. The summed E-state index contributed by atoms with van der Waals surface area (Å²) >= 11 is 0. The lowest BCUT2D eigenvalue weighted by atomic mass is 10.2. The molecule has 0 aliphatic carbocycles. The zero-order valence-corrected chi connectivity index (χ0v) is 14.5. The van der Waals surface area contributed by atoms with E-state index in [0.717, 1.165) is 4.90 Å². The quantitative estimate of drug-likeness (QED) is 0.628. The normalized spacial score (nSPS) is 15.4. The molecule has 1 fully saturated rings. The summed E-state index contributed by atoms with van der Waals surface area (Å²) in [6, 6.07) is 6.44. The molecule has 0 bridgehead atoms. The summed E-state index contributed by atoms with van der Waals surface area (Å²) in [5.41, 5.74) is 1.00. The summed E-state index contributed by atoms with van der Waals surface area (Å²) in [5, 5.41) is 2.75. The molecule has 1 unspecified atom stereocenters. The fraction of sp³-hybridized carbons (Fsp3) is 0.471. The van der Waals surface area contributed by atoms with Crippen LogP contribution >= 0.6 is 0 Å². The number of benzene rings is 1. The minimum absolute atomic E-state index is 0.0241. The number of carbonyl (C=O) groups is 3. The number of morpholine rings is 1. The lowest BCUT2D eigenvalue weighted by Gasteiger charge is -2.27. The molecule has 1 aliphatic heterocycles. The predicted molar refractivity (Wildman–Crippen MR) is 90.4 cm³/mol. The number of methoxy groups -OCH3 is 1. The zero-order chi connectivity index (χ0) is 18.2. The summed E-state index contributed by atoms with van der Waals surface area (Å²) in [5.74, 6) is -0.599. The highest BCUT2D eigenvalue weighted by molar-refractivity contribution is 5.93. The first-order valence-corrected chi connectivity index (χ1v) is 8.14. The van der Waals surface area contributed by atoms with Gasteiger partial charge in [-0.25, -0.2) is 4.79 Å². The molecule has 1 aromatic rings. The van der Waals surface area contributed by atoms with Gasteiger partial charge in [0, 0.05) is 18.8 Å². The van der Waals surface area contributed by atoms with E-state index in [0.29, 0.717) is 37.6 Å². The van der Waals surface area contributed by atoms with Gasteiger partial charge in [0.2, 0.25) is 0 Å². The van der Waals surface area contributed by atoms with E-state index >= 15 is 0 Å². The van der Waals surface area contributed by atoms with Crippen LogP contribution in [0.1, 0.15) is 10.4 Å². The van der Waals surface area contributed by atoms with Gasteiger partial charge in [0.15, 0.2) is 13.1 Å². The minimum Gasteiger partial charge on any atom is -0.465 e. The fourth-order valence-electron chi connectivity index (χ4n) is 2.53. The van der Waals surface area contributed by atoms with Crippen molar-refractivity contribution in [2.24, 2.45) is 0 Å². The van der Waals surface area contributed by atoms with E-state index in [1.807, 2.05) is 0 Å². The predicted octanol–water partition coefficient (Wildman–Crippen LogP) is -1.21. The molecule has 136 valence electrons. The van der Waals surface area contributed by atoms with Gasteiger partial charge in [-0.05, 0) is 24.3 Å². The first kappa shape index (κ1) is 18.9. The van der Waals surface area contributed by atoms with Crippen LogP contribution in [-0.2, 0) is 19.1 Å². The van der Waals surface area contributed by atoms with E-state index in [9.17, 15) is 14.4 Å². The Morgan fingerprint density at radius 1 is 1.16 bits per heavy atom. The molecular formula is C17H24N3O5+. The Morgan fingerprint density at radius 2 is 1.80 bits per heavy atom. The number of rotatable bonds is 6. The van der Waals surface area contributed by atoms with Crippen molar-refractivity contribution in [2.75, 3.05) is 58.9 Å². The molecule has 1 aromatic carbocycles. The maximum absolute atomic E-state index is 12.2. The smallest absolute Gasteiger partial charge is 0.337 e. The van der Waals surface area contributed by atoms with Crippen molar-refractivity contribution < 1.29 is 28.8 Å². The second-order valence-electron chi connectivity index (χ2n) is 5.92. The summed E-state index contributed by atoms with van der Waals surface area (Å²) in [6.07, 6.45) is 0. The largest absolute Gasteiger partial charge is 0.465 e. The number of esters is 1. The monoisotopic (exact) mass is 350 g/mol. The van der Waals surface area contributed by atoms with Gasteiger partial charge in [-0.2, -0.15) is 0 Å². The first-order valence-electron chi connectivity index (χ1n) is 8.14. The molecule has 25 heavy (non-hydrogen) atoms. The van der Waals surface area contributed by atoms with Gasteiger partial charge in [-0.15, -0.1) is 0 Å². The van der Waals surface area contributed by atoms with Crippen LogP contribution < -0.4 is 10.2 Å². The van der Waals surface area contributed by atoms with Crippen molar-refractivity contribution in [1.29, 1.82) is 0 Å². The van der Waals surface area contributed by atoms with Crippen molar-refractivity contribution in [2.45, 2.75) is 0 Å². The summed E-state index contributed by atoms with van der Waals surface area (Å²) in [6.45, 7) is 2.76. The number of carbonyl (C=O) groups excluding carboxylic acids is 3. The summed E-state index contributed by atoms with van der Waals surface area (Å²) < 4.78 is 9.85. The number of anilines is 1. The second kappa shape index (κ2) is 9.14. The number of ether oxygens (including phenoxy) is 2. The van der Waals surface area contributed by atoms with Gasteiger partial charge in [-0.1, -0.05) is 0 Å². The number of quaternary nitrogens is 1. The topological polar surface area (TPSA) is 89.4 Å². The Kier molecular flexibility index (Phi) is 6.91. The van der Waals surface area contributed by atoms with E-state index in [1.165, 1.54) is 7.11 Å². The lowest BCUT2D eigenvalue weighted by molar-refractivity contribution is -0.862. The van der Waals surface area contributed by atoms with Gasteiger partial charge >= 0.3 is 5.97 Å². The van der Waals surface area contributed by atoms with Gasteiger partial charge < -0.3 is 24.6 Å². The third kappa shape index (κ3) is 5.84. The molecule has 1 saturated heterocycles. The second-order valence-corrected chi connectivity index (χ2v) is 5.92. The van der Waals surface area contributed by atoms with Crippen LogP contribution in [0.4, 0.5) is 5.69 Å². The number of nitrogens with one attached hydrogen (secondary N) is 2. The highest BCUT2D eigenvalue weighted by Gasteiger charge is 2.21. The Morgan fingerprint density at radius 3 is 2.40 bits per heavy atom. The number of hydrogen-bond acceptors (Lipinski definition) is 5. The van der Waals surface area contributed by atoms with Gasteiger partial charge in [0.05, 0.1) is 32.9 Å². The SMILES string of the molecule is COC(=O)c1ccc(NC(=O)C[NH+](C)CC(=O)N2CCOCC2)cc1. The zero-order valence-electron chi connectivity index (χ0n) is 14.5. The van der Waals surface area contributed by atoms with Crippen LogP contribution in [0, 0.1) is 0 Å². The molecule has 2 rings (SSSR count). The number of likely N-dealkylation sites (N-methyl/N-ethyl adjacent to an activating group) is 1. The molecule has 0 radical (unpaired) electrons. The van der Waals surface area contributed by atoms with E-state index in [4.69, 9.17) is 4.74 Å². The molecule has 1 aliphatic rings. The Labute approximate surface area is 146 Å². The van der Waals surface area contributed by atoms with Crippen molar-refractivity contribution in [1.82, 2.24) is 4.90 Å². The van der Waals surface area contributed by atoms with E-state index in [1.54, 1.807) is 36.2 Å². The third-order valence-corrected chi connectivity index (χ3v) is 3.87. The highest BCUT2D eigenvalue weighted by atomic mass is 16.5. The summed E-state index contributed by atoms with van der Waals surface area (Å²) in [7, 11) is 3.12. The van der Waals surface area contributed by atoms with E-state index < -0.39 is 5.97 Å². The molecule has 2 N–H and O–H groups in total. The highest BCUT2D eigenvalue weighted by Crippen LogP contribution is 2.10. The van der Waals surface area contributed by atoms with Crippen LogP contribution in [-0.4, -0.2) is 76.2 Å². The number of amides is 2. The molecule has 1 atom stereocenters. The van der Waals surface area contributed by atoms with Crippen LogP contribution in [0.25, 0.3) is 0 Å². The van der Waals surface area contributed by atoms with Crippen LogP contribution in [0.3, 0.4) is 0 Å². The van der Waals surface area contributed by atoms with Crippen molar-refractivity contribution in [3.8, 4) is 0 Å². The van der Waals surface area contributed by atoms with Crippen LogP contribution in [0.5, 0.6) is 0 Å². The molecule has 0 spiro atoms. The maximum atomic E-state index is 12.2. The average Bonchev–Trinajstić information content (AvgIpc) is 2.62. The van der Waals surface area contributed by atoms with Crippen molar-refractivity contribution in [3.63, 3.8) is 0 Å². The van der Waals surface area contributed by atoms with Crippen molar-refractivity contribution in [3.05, 3.63) is 29.8 Å². The molecule has 2 amide bonds. The Bertz CT molecular complexity index is 611. The average molecular weight is 350 g/mol. The van der Waals surface area contributed by atoms with Crippen LogP contribution in [0.2, 0.25) is 0 Å². The Hall–Kier alpha value is -2.45. The van der Waals surface area contributed by atoms with Crippen molar-refractivity contribution >= 4 is 23.5 Å². The standard InChI is InChI=1S/C17H23N3O5/c1-19(12-16(22)20-7-9-25-10-8-20)11-15(21)18-14-5-3-13(4-6-14)17(23)24-2/h3-6H,7-12H2,1-2H3,(H,18,21)/p+1. The van der Waals surface area contributed by atoms with E-state index in [-0.39, 0.29) is 24.9 Å². The number of nitrogens with zero attached hydrogens (tertiary/aromatic N) is 1. The summed E-state index contributed by atoms with van der Waals surface area (Å²) in [4.78, 5) is 38.2. The molecule has 0 aromatic heterocycles. The fourth-order valence-corrected chi connectivity index (χ4v) is 2.53. The van der Waals surface area contributed by atoms with Crippen LogP contribution in [0.15, 0.2) is 24.3 Å².